The molecule has 0 atom stereocenters. The Balaban J connectivity index is 2.32. The van der Waals surface area contributed by atoms with E-state index in [1.165, 1.54) is 0 Å². The quantitative estimate of drug-likeness (QED) is 0.726. The van der Waals surface area contributed by atoms with Gasteiger partial charge in [0.2, 0.25) is 0 Å². The number of nitrogens with zero attached hydrogens (tertiary/aromatic N) is 2. The topological polar surface area (TPSA) is 23.6 Å². The molecule has 0 aliphatic carbocycles. The van der Waals surface area contributed by atoms with E-state index in [9.17, 15) is 4.79 Å². The lowest BCUT2D eigenvalue weighted by atomic mass is 9.99. The first kappa shape index (κ1) is 13.3. The minimum absolute atomic E-state index is 0.215. The number of piperidine rings is 1. The molecule has 0 N–H and O–H groups in total. The summed E-state index contributed by atoms with van der Waals surface area (Å²) in [5.41, 5.74) is 0. The summed E-state index contributed by atoms with van der Waals surface area (Å²) in [6.45, 7) is 9.41. The van der Waals surface area contributed by atoms with Crippen LogP contribution in [0.3, 0.4) is 0 Å². The van der Waals surface area contributed by atoms with E-state index in [0.29, 0.717) is 5.92 Å². The summed E-state index contributed by atoms with van der Waals surface area (Å²) in [4.78, 5) is 15.9. The second-order valence-electron chi connectivity index (χ2n) is 5.56. The number of hydrogen-bond donors (Lipinski definition) is 0. The van der Waals surface area contributed by atoms with Crippen molar-refractivity contribution in [3.8, 4) is 0 Å². The van der Waals surface area contributed by atoms with E-state index in [2.05, 4.69) is 20.8 Å². The minimum Gasteiger partial charge on any atom is -0.328 e. The van der Waals surface area contributed by atoms with E-state index in [-0.39, 0.29) is 6.03 Å². The molecule has 1 heterocycles. The first-order valence-electron chi connectivity index (χ1n) is 6.50. The number of hydrogen-bond acceptors (Lipinski definition) is 1. The molecule has 0 aromatic carbocycles. The van der Waals surface area contributed by atoms with Gasteiger partial charge in [-0.15, -0.1) is 0 Å². The Hall–Kier alpha value is -0.730. The predicted molar refractivity (Wildman–Crippen MR) is 67.5 cm³/mol. The Labute approximate surface area is 99.8 Å². The van der Waals surface area contributed by atoms with Crippen molar-refractivity contribution >= 4 is 6.03 Å². The summed E-state index contributed by atoms with van der Waals surface area (Å²) in [6, 6.07) is 0.215. The Bertz CT molecular complexity index is 220. The normalized spacial score (nSPS) is 17.9. The average molecular weight is 226 g/mol. The number of rotatable bonds is 3. The Morgan fingerprint density at radius 2 is 1.94 bits per heavy atom. The number of likely N-dealkylation sites (tertiary alicyclic amines) is 1. The molecule has 94 valence electrons. The van der Waals surface area contributed by atoms with Crippen molar-refractivity contribution in [3.63, 3.8) is 0 Å². The summed E-state index contributed by atoms with van der Waals surface area (Å²) < 4.78 is 0. The molecule has 1 aliphatic heterocycles. The molecule has 3 nitrogen and oxygen atoms in total. The zero-order valence-electron chi connectivity index (χ0n) is 11.2. The first-order chi connectivity index (χ1) is 7.50. The molecule has 0 aromatic rings. The Kier molecular flexibility index (Phi) is 5.10. The molecular formula is C13H26N2O. The molecule has 3 heteroatoms. The lowest BCUT2D eigenvalue weighted by Crippen LogP contribution is -2.45. The van der Waals surface area contributed by atoms with Crippen molar-refractivity contribution in [2.24, 2.45) is 11.8 Å². The maximum absolute atomic E-state index is 12.1. The molecule has 0 unspecified atom stereocenters. The van der Waals surface area contributed by atoms with E-state index in [1.54, 1.807) is 0 Å². The van der Waals surface area contributed by atoms with Gasteiger partial charge >= 0.3 is 6.03 Å². The summed E-state index contributed by atoms with van der Waals surface area (Å²) in [5, 5.41) is 0. The van der Waals surface area contributed by atoms with Gasteiger partial charge in [0, 0.05) is 26.7 Å². The predicted octanol–water partition coefficient (Wildman–Crippen LogP) is 2.82. The molecule has 0 radical (unpaired) electrons. The van der Waals surface area contributed by atoms with Gasteiger partial charge in [0.1, 0.15) is 0 Å². The van der Waals surface area contributed by atoms with Crippen LogP contribution in [0.25, 0.3) is 0 Å². The van der Waals surface area contributed by atoms with Crippen molar-refractivity contribution in [2.75, 3.05) is 26.7 Å². The van der Waals surface area contributed by atoms with Gasteiger partial charge in [0.05, 0.1) is 0 Å². The van der Waals surface area contributed by atoms with E-state index in [1.807, 2.05) is 16.8 Å². The zero-order valence-corrected chi connectivity index (χ0v) is 11.2. The van der Waals surface area contributed by atoms with Crippen molar-refractivity contribution in [1.29, 1.82) is 0 Å². The standard InChI is InChI=1S/C13H26N2O/c1-11(2)5-8-14(4)13(16)15-9-6-12(3)7-10-15/h11-12H,5-10H2,1-4H3. The highest BCUT2D eigenvalue weighted by Gasteiger charge is 2.22. The Morgan fingerprint density at radius 3 is 2.44 bits per heavy atom. The van der Waals surface area contributed by atoms with Crippen LogP contribution in [0.5, 0.6) is 0 Å². The fraction of sp³-hybridized carbons (Fsp3) is 0.923. The van der Waals surface area contributed by atoms with Crippen LogP contribution < -0.4 is 0 Å². The smallest absolute Gasteiger partial charge is 0.319 e. The van der Waals surface area contributed by atoms with Gasteiger partial charge < -0.3 is 9.80 Å². The van der Waals surface area contributed by atoms with Crippen molar-refractivity contribution in [3.05, 3.63) is 0 Å². The van der Waals surface area contributed by atoms with Crippen LogP contribution in [0.15, 0.2) is 0 Å². The van der Waals surface area contributed by atoms with Gasteiger partial charge in [-0.25, -0.2) is 4.79 Å². The molecule has 1 fully saturated rings. The van der Waals surface area contributed by atoms with Gasteiger partial charge in [0.15, 0.2) is 0 Å². The third-order valence-corrected chi connectivity index (χ3v) is 3.42. The largest absolute Gasteiger partial charge is 0.328 e. The highest BCUT2D eigenvalue weighted by molar-refractivity contribution is 5.74. The maximum Gasteiger partial charge on any atom is 0.319 e. The van der Waals surface area contributed by atoms with Crippen LogP contribution in [0.4, 0.5) is 4.79 Å². The van der Waals surface area contributed by atoms with Crippen LogP contribution >= 0.6 is 0 Å². The van der Waals surface area contributed by atoms with E-state index in [0.717, 1.165) is 44.8 Å². The van der Waals surface area contributed by atoms with Crippen molar-refractivity contribution in [2.45, 2.75) is 40.0 Å². The van der Waals surface area contributed by atoms with Crippen molar-refractivity contribution in [1.82, 2.24) is 9.80 Å². The van der Waals surface area contributed by atoms with Crippen LogP contribution in [-0.2, 0) is 0 Å². The molecular weight excluding hydrogens is 200 g/mol. The second-order valence-corrected chi connectivity index (χ2v) is 5.56. The van der Waals surface area contributed by atoms with E-state index in [4.69, 9.17) is 0 Å². The molecule has 2 amide bonds. The molecule has 1 rings (SSSR count). The van der Waals surface area contributed by atoms with Crippen LogP contribution in [0.2, 0.25) is 0 Å². The summed E-state index contributed by atoms with van der Waals surface area (Å²) in [6.07, 6.45) is 3.40. The number of urea groups is 1. The maximum atomic E-state index is 12.1. The van der Waals surface area contributed by atoms with Gasteiger partial charge in [-0.3, -0.25) is 0 Å². The van der Waals surface area contributed by atoms with Crippen LogP contribution in [0.1, 0.15) is 40.0 Å². The molecule has 0 spiro atoms. The van der Waals surface area contributed by atoms with Gasteiger partial charge in [0.25, 0.3) is 0 Å². The van der Waals surface area contributed by atoms with Crippen molar-refractivity contribution < 1.29 is 4.79 Å². The number of carbonyl (C=O) groups is 1. The Morgan fingerprint density at radius 1 is 1.38 bits per heavy atom. The molecule has 0 bridgehead atoms. The van der Waals surface area contributed by atoms with Crippen LogP contribution in [-0.4, -0.2) is 42.5 Å². The first-order valence-corrected chi connectivity index (χ1v) is 6.50. The lowest BCUT2D eigenvalue weighted by Gasteiger charge is -2.33. The molecule has 1 saturated heterocycles. The monoisotopic (exact) mass is 226 g/mol. The second kappa shape index (κ2) is 6.12. The van der Waals surface area contributed by atoms with Gasteiger partial charge in [-0.05, 0) is 31.1 Å². The number of amides is 2. The van der Waals surface area contributed by atoms with E-state index < -0.39 is 0 Å². The third kappa shape index (κ3) is 4.03. The molecule has 0 saturated carbocycles. The van der Waals surface area contributed by atoms with Gasteiger partial charge in [-0.2, -0.15) is 0 Å². The number of carbonyl (C=O) groups excluding carboxylic acids is 1. The average Bonchev–Trinajstić information content (AvgIpc) is 2.26. The lowest BCUT2D eigenvalue weighted by molar-refractivity contribution is 0.141. The van der Waals surface area contributed by atoms with E-state index >= 15 is 0 Å². The highest BCUT2D eigenvalue weighted by atomic mass is 16.2. The summed E-state index contributed by atoms with van der Waals surface area (Å²) in [5.74, 6) is 1.45. The molecule has 0 aromatic heterocycles. The summed E-state index contributed by atoms with van der Waals surface area (Å²) >= 11 is 0. The minimum atomic E-state index is 0.215. The SMILES string of the molecule is CC(C)CCN(C)C(=O)N1CCC(C)CC1. The fourth-order valence-corrected chi connectivity index (χ4v) is 1.99. The van der Waals surface area contributed by atoms with Gasteiger partial charge in [-0.1, -0.05) is 20.8 Å². The van der Waals surface area contributed by atoms with Crippen LogP contribution in [0, 0.1) is 11.8 Å². The molecule has 1 aliphatic rings. The highest BCUT2D eigenvalue weighted by Crippen LogP contribution is 2.17. The zero-order chi connectivity index (χ0) is 12.1. The third-order valence-electron chi connectivity index (χ3n) is 3.42. The molecule has 16 heavy (non-hydrogen) atoms. The summed E-state index contributed by atoms with van der Waals surface area (Å²) in [7, 11) is 1.92. The fourth-order valence-electron chi connectivity index (χ4n) is 1.99.